The molecular weight excluding hydrogens is 274 g/mol. The highest BCUT2D eigenvalue weighted by molar-refractivity contribution is 7.99. The fraction of sp³-hybridized carbons (Fsp3) is 0.714. The average Bonchev–Trinajstić information content (AvgIpc) is 3.18. The molecule has 1 aliphatic rings. The maximum absolute atomic E-state index is 12.4. The largest absolute Gasteiger partial charge is 0.465 e. The van der Waals surface area contributed by atoms with Crippen LogP contribution in [0, 0.1) is 5.92 Å². The number of carbonyl (C=O) groups excluding carboxylic acids is 1. The lowest BCUT2D eigenvalue weighted by Crippen LogP contribution is -2.57. The molecule has 1 N–H and O–H groups in total. The van der Waals surface area contributed by atoms with E-state index in [2.05, 4.69) is 10.4 Å². The minimum absolute atomic E-state index is 0.110. The first-order valence-corrected chi connectivity index (χ1v) is 8.14. The molecule has 1 aliphatic carbocycles. The van der Waals surface area contributed by atoms with Crippen molar-refractivity contribution in [3.8, 4) is 0 Å². The topological polar surface area (TPSA) is 56.2 Å². The van der Waals surface area contributed by atoms with Gasteiger partial charge in [0.15, 0.2) is 0 Å². The number of thioether (sulfide) groups is 1. The molecule has 112 valence electrons. The van der Waals surface area contributed by atoms with E-state index in [-0.39, 0.29) is 5.97 Å². The van der Waals surface area contributed by atoms with Crippen LogP contribution in [0.1, 0.15) is 26.7 Å². The van der Waals surface area contributed by atoms with Crippen molar-refractivity contribution in [1.82, 2.24) is 15.1 Å². The van der Waals surface area contributed by atoms with Crippen LogP contribution in [0.15, 0.2) is 17.3 Å². The number of aromatic nitrogens is 2. The van der Waals surface area contributed by atoms with Gasteiger partial charge >= 0.3 is 5.97 Å². The Balaban J connectivity index is 2.10. The first kappa shape index (κ1) is 15.4. The number of nitrogens with zero attached hydrogens (tertiary/aromatic N) is 2. The minimum atomic E-state index is -0.550. The van der Waals surface area contributed by atoms with Gasteiger partial charge in [-0.15, -0.1) is 11.8 Å². The van der Waals surface area contributed by atoms with Gasteiger partial charge in [0.05, 0.1) is 12.8 Å². The molecule has 0 aliphatic heterocycles. The molecule has 1 unspecified atom stereocenters. The van der Waals surface area contributed by atoms with Crippen molar-refractivity contribution < 1.29 is 9.53 Å². The van der Waals surface area contributed by atoms with Gasteiger partial charge < -0.3 is 10.1 Å². The highest BCUT2D eigenvalue weighted by Crippen LogP contribution is 2.43. The van der Waals surface area contributed by atoms with E-state index in [1.807, 2.05) is 33.3 Å². The van der Waals surface area contributed by atoms with Crippen molar-refractivity contribution in [1.29, 1.82) is 0 Å². The van der Waals surface area contributed by atoms with E-state index >= 15 is 0 Å². The second-order valence-electron chi connectivity index (χ2n) is 5.13. The SMILES string of the molecule is CCNC(CSc1cnn(C)c1)(C(=O)OCC)C1CC1. The van der Waals surface area contributed by atoms with Gasteiger partial charge in [0.2, 0.25) is 0 Å². The summed E-state index contributed by atoms with van der Waals surface area (Å²) in [6, 6.07) is 0. The molecule has 6 heteroatoms. The van der Waals surface area contributed by atoms with E-state index in [9.17, 15) is 4.79 Å². The second-order valence-corrected chi connectivity index (χ2v) is 6.18. The van der Waals surface area contributed by atoms with Gasteiger partial charge in [-0.2, -0.15) is 5.10 Å². The van der Waals surface area contributed by atoms with Crippen LogP contribution in [-0.2, 0) is 16.6 Å². The molecule has 20 heavy (non-hydrogen) atoms. The van der Waals surface area contributed by atoms with Crippen LogP contribution in [0.4, 0.5) is 0 Å². The Morgan fingerprint density at radius 1 is 1.60 bits per heavy atom. The Morgan fingerprint density at radius 2 is 2.35 bits per heavy atom. The molecule has 1 fully saturated rings. The van der Waals surface area contributed by atoms with Gasteiger partial charge in [-0.1, -0.05) is 6.92 Å². The number of esters is 1. The van der Waals surface area contributed by atoms with E-state index in [1.54, 1.807) is 16.4 Å². The summed E-state index contributed by atoms with van der Waals surface area (Å²) in [6.45, 7) is 5.08. The summed E-state index contributed by atoms with van der Waals surface area (Å²) in [7, 11) is 1.90. The first-order chi connectivity index (χ1) is 9.62. The van der Waals surface area contributed by atoms with E-state index in [4.69, 9.17) is 4.74 Å². The fourth-order valence-electron chi connectivity index (χ4n) is 2.43. The number of carbonyl (C=O) groups is 1. The molecular formula is C14H23N3O2S. The van der Waals surface area contributed by atoms with Crippen molar-refractivity contribution in [2.45, 2.75) is 37.1 Å². The number of hydrogen-bond donors (Lipinski definition) is 1. The maximum Gasteiger partial charge on any atom is 0.327 e. The number of rotatable bonds is 8. The molecule has 1 aromatic heterocycles. The third-order valence-electron chi connectivity index (χ3n) is 3.55. The molecule has 0 bridgehead atoms. The predicted octanol–water partition coefficient (Wildman–Crippen LogP) is 1.83. The summed E-state index contributed by atoms with van der Waals surface area (Å²) in [5.41, 5.74) is -0.550. The molecule has 2 rings (SSSR count). The highest BCUT2D eigenvalue weighted by atomic mass is 32.2. The second kappa shape index (κ2) is 6.63. The Bertz CT molecular complexity index is 459. The number of aryl methyl sites for hydroxylation is 1. The molecule has 1 saturated carbocycles. The Kier molecular flexibility index (Phi) is 5.10. The monoisotopic (exact) mass is 297 g/mol. The minimum Gasteiger partial charge on any atom is -0.465 e. The summed E-state index contributed by atoms with van der Waals surface area (Å²) in [6.07, 6.45) is 6.00. The molecule has 0 spiro atoms. The van der Waals surface area contributed by atoms with E-state index < -0.39 is 5.54 Å². The van der Waals surface area contributed by atoms with Gasteiger partial charge in [-0.25, -0.2) is 0 Å². The van der Waals surface area contributed by atoms with Gasteiger partial charge in [-0.3, -0.25) is 9.48 Å². The Hall–Kier alpha value is -1.01. The zero-order valence-corrected chi connectivity index (χ0v) is 13.2. The van der Waals surface area contributed by atoms with Crippen LogP contribution in [0.25, 0.3) is 0 Å². The van der Waals surface area contributed by atoms with Crippen molar-refractivity contribution in [2.24, 2.45) is 13.0 Å². The first-order valence-electron chi connectivity index (χ1n) is 7.16. The van der Waals surface area contributed by atoms with Crippen LogP contribution in [0.3, 0.4) is 0 Å². The van der Waals surface area contributed by atoms with Crippen LogP contribution in [0.5, 0.6) is 0 Å². The van der Waals surface area contributed by atoms with Crippen LogP contribution in [0.2, 0.25) is 0 Å². The lowest BCUT2D eigenvalue weighted by Gasteiger charge is -2.32. The molecule has 0 saturated heterocycles. The summed E-state index contributed by atoms with van der Waals surface area (Å²) in [5, 5.41) is 7.56. The molecule has 0 radical (unpaired) electrons. The lowest BCUT2D eigenvalue weighted by molar-refractivity contribution is -0.151. The molecule has 1 atom stereocenters. The van der Waals surface area contributed by atoms with Crippen LogP contribution in [-0.4, -0.2) is 40.2 Å². The summed E-state index contributed by atoms with van der Waals surface area (Å²) >= 11 is 1.66. The van der Waals surface area contributed by atoms with Crippen LogP contribution >= 0.6 is 11.8 Å². The number of nitrogens with one attached hydrogen (secondary N) is 1. The summed E-state index contributed by atoms with van der Waals surface area (Å²) in [4.78, 5) is 13.5. The summed E-state index contributed by atoms with van der Waals surface area (Å²) in [5.74, 6) is 0.974. The van der Waals surface area contributed by atoms with Gasteiger partial charge in [-0.05, 0) is 32.2 Å². The van der Waals surface area contributed by atoms with E-state index in [1.165, 1.54) is 0 Å². The van der Waals surface area contributed by atoms with E-state index in [0.29, 0.717) is 18.3 Å². The standard InChI is InChI=1S/C14H23N3O2S/c1-4-15-14(11-6-7-11,13(18)19-5-2)10-20-12-8-16-17(3)9-12/h8-9,11,15H,4-7,10H2,1-3H3. The highest BCUT2D eigenvalue weighted by Gasteiger charge is 2.51. The zero-order chi connectivity index (χ0) is 14.6. The Labute approximate surface area is 124 Å². The van der Waals surface area contributed by atoms with Crippen molar-refractivity contribution >= 4 is 17.7 Å². The molecule has 0 aromatic carbocycles. The quantitative estimate of drug-likeness (QED) is 0.586. The van der Waals surface area contributed by atoms with Gasteiger partial charge in [0, 0.05) is 23.9 Å². The smallest absolute Gasteiger partial charge is 0.327 e. The third-order valence-corrected chi connectivity index (χ3v) is 4.70. The summed E-state index contributed by atoms with van der Waals surface area (Å²) < 4.78 is 7.10. The third kappa shape index (κ3) is 3.35. The lowest BCUT2D eigenvalue weighted by atomic mass is 9.95. The van der Waals surface area contributed by atoms with E-state index in [0.717, 1.165) is 24.3 Å². The van der Waals surface area contributed by atoms with Crippen molar-refractivity contribution in [3.05, 3.63) is 12.4 Å². The number of hydrogen-bond acceptors (Lipinski definition) is 5. The molecule has 1 aromatic rings. The average molecular weight is 297 g/mol. The predicted molar refractivity (Wildman–Crippen MR) is 79.7 cm³/mol. The van der Waals surface area contributed by atoms with Crippen molar-refractivity contribution in [2.75, 3.05) is 18.9 Å². The zero-order valence-electron chi connectivity index (χ0n) is 12.4. The molecule has 0 amide bonds. The fourth-order valence-corrected chi connectivity index (χ4v) is 3.63. The number of likely N-dealkylation sites (N-methyl/N-ethyl adjacent to an activating group) is 1. The van der Waals surface area contributed by atoms with Crippen LogP contribution < -0.4 is 5.32 Å². The molecule has 5 nitrogen and oxygen atoms in total. The van der Waals surface area contributed by atoms with Crippen molar-refractivity contribution in [3.63, 3.8) is 0 Å². The normalized spacial score (nSPS) is 17.8. The number of ether oxygens (including phenoxy) is 1. The van der Waals surface area contributed by atoms with Gasteiger partial charge in [0.25, 0.3) is 0 Å². The maximum atomic E-state index is 12.4. The Morgan fingerprint density at radius 3 is 2.85 bits per heavy atom. The molecule has 1 heterocycles. The van der Waals surface area contributed by atoms with Gasteiger partial charge in [0.1, 0.15) is 5.54 Å².